The first-order chi connectivity index (χ1) is 12.0. The molecule has 0 unspecified atom stereocenters. The number of hydrogen-bond acceptors (Lipinski definition) is 5. The van der Waals surface area contributed by atoms with Gasteiger partial charge in [0.05, 0.1) is 9.82 Å². The molecule has 136 valence electrons. The minimum Gasteiger partial charge on any atom is -0.376 e. The minimum absolute atomic E-state index is 0.0149. The molecular formula is C17H23N3O4S. The molecule has 0 radical (unpaired) electrons. The lowest BCUT2D eigenvalue weighted by atomic mass is 10.1. The summed E-state index contributed by atoms with van der Waals surface area (Å²) in [6, 6.07) is 4.56. The van der Waals surface area contributed by atoms with Crippen LogP contribution in [-0.2, 0) is 10.0 Å². The Morgan fingerprint density at radius 1 is 1.12 bits per heavy atom. The lowest BCUT2D eigenvalue weighted by molar-refractivity contribution is -0.384. The molecule has 1 heterocycles. The topological polar surface area (TPSA) is 92.5 Å². The van der Waals surface area contributed by atoms with Crippen molar-refractivity contribution in [3.05, 3.63) is 28.3 Å². The second kappa shape index (κ2) is 6.25. The van der Waals surface area contributed by atoms with Crippen molar-refractivity contribution in [3.63, 3.8) is 0 Å². The lowest BCUT2D eigenvalue weighted by Gasteiger charge is -2.20. The van der Waals surface area contributed by atoms with Gasteiger partial charge < -0.3 is 5.32 Å². The molecule has 0 atom stereocenters. The molecule has 0 bridgehead atoms. The molecule has 3 aliphatic rings. The van der Waals surface area contributed by atoms with E-state index in [2.05, 4.69) is 5.32 Å². The van der Waals surface area contributed by atoms with Crippen molar-refractivity contribution in [3.8, 4) is 0 Å². The minimum atomic E-state index is -3.65. The largest absolute Gasteiger partial charge is 0.376 e. The van der Waals surface area contributed by atoms with Crippen LogP contribution in [0.25, 0.3) is 0 Å². The van der Waals surface area contributed by atoms with E-state index >= 15 is 0 Å². The zero-order chi connectivity index (χ0) is 17.6. The highest BCUT2D eigenvalue weighted by atomic mass is 32.2. The number of nitro benzene ring substituents is 1. The number of nitrogens with one attached hydrogen (secondary N) is 1. The summed E-state index contributed by atoms with van der Waals surface area (Å²) in [5.74, 6) is 1.19. The Labute approximate surface area is 147 Å². The standard InChI is InChI=1S/C17H23N3O4S/c21-20(22)16-11-14(25(23,24)19-9-1-2-10-19)7-8-15(16)18-17(12-3-4-12)13-5-6-13/h7-8,11-13,17-18H,1-6,9-10H2. The highest BCUT2D eigenvalue weighted by molar-refractivity contribution is 7.89. The van der Waals surface area contributed by atoms with E-state index in [0.29, 0.717) is 30.6 Å². The second-order valence-electron chi connectivity index (χ2n) is 7.39. The van der Waals surface area contributed by atoms with Gasteiger partial charge in [0.15, 0.2) is 0 Å². The van der Waals surface area contributed by atoms with E-state index in [0.717, 1.165) is 12.8 Å². The fourth-order valence-corrected chi connectivity index (χ4v) is 5.27. The zero-order valence-electron chi connectivity index (χ0n) is 14.1. The van der Waals surface area contributed by atoms with Crippen molar-refractivity contribution in [1.29, 1.82) is 0 Å². The van der Waals surface area contributed by atoms with Crippen molar-refractivity contribution in [2.24, 2.45) is 11.8 Å². The Kier molecular flexibility index (Phi) is 4.19. The van der Waals surface area contributed by atoms with Gasteiger partial charge in [-0.1, -0.05) is 0 Å². The van der Waals surface area contributed by atoms with E-state index in [1.165, 1.54) is 42.1 Å². The summed E-state index contributed by atoms with van der Waals surface area (Å²) >= 11 is 0. The normalized spacial score (nSPS) is 21.6. The average Bonchev–Trinajstić information content (AvgIpc) is 3.52. The third-order valence-corrected chi connectivity index (χ3v) is 7.35. The number of anilines is 1. The second-order valence-corrected chi connectivity index (χ2v) is 9.33. The van der Waals surface area contributed by atoms with Crippen LogP contribution in [0.4, 0.5) is 11.4 Å². The van der Waals surface area contributed by atoms with Crippen LogP contribution in [0.15, 0.2) is 23.1 Å². The van der Waals surface area contributed by atoms with Gasteiger partial charge in [-0.05, 0) is 62.5 Å². The maximum Gasteiger partial charge on any atom is 0.293 e. The van der Waals surface area contributed by atoms with Gasteiger partial charge in [0, 0.05) is 25.2 Å². The molecule has 0 aromatic heterocycles. The quantitative estimate of drug-likeness (QED) is 0.592. The number of nitro groups is 1. The summed E-state index contributed by atoms with van der Waals surface area (Å²) in [5.41, 5.74) is 0.292. The summed E-state index contributed by atoms with van der Waals surface area (Å²) in [6.45, 7) is 0.975. The van der Waals surface area contributed by atoms with Gasteiger partial charge in [0.25, 0.3) is 5.69 Å². The van der Waals surface area contributed by atoms with Crippen molar-refractivity contribution in [2.75, 3.05) is 18.4 Å². The number of hydrogen-bond donors (Lipinski definition) is 1. The van der Waals surface area contributed by atoms with Crippen molar-refractivity contribution in [1.82, 2.24) is 4.31 Å². The first kappa shape index (κ1) is 16.8. The van der Waals surface area contributed by atoms with Gasteiger partial charge in [-0.2, -0.15) is 4.31 Å². The summed E-state index contributed by atoms with van der Waals surface area (Å²) in [6.07, 6.45) is 6.36. The molecule has 0 amide bonds. The van der Waals surface area contributed by atoms with Gasteiger partial charge in [-0.3, -0.25) is 10.1 Å². The van der Waals surface area contributed by atoms with Crippen LogP contribution in [0, 0.1) is 22.0 Å². The predicted octanol–water partition coefficient (Wildman–Crippen LogP) is 2.98. The van der Waals surface area contributed by atoms with Crippen LogP contribution in [0.3, 0.4) is 0 Å². The van der Waals surface area contributed by atoms with Crippen LogP contribution in [0.5, 0.6) is 0 Å². The molecule has 2 saturated carbocycles. The molecule has 1 N–H and O–H groups in total. The van der Waals surface area contributed by atoms with Crippen LogP contribution in [0.1, 0.15) is 38.5 Å². The third-order valence-electron chi connectivity index (χ3n) is 5.45. The van der Waals surface area contributed by atoms with E-state index in [9.17, 15) is 18.5 Å². The maximum atomic E-state index is 12.7. The molecular weight excluding hydrogens is 342 g/mol. The molecule has 1 aromatic carbocycles. The van der Waals surface area contributed by atoms with Crippen molar-refractivity contribution in [2.45, 2.75) is 49.5 Å². The summed E-state index contributed by atoms with van der Waals surface area (Å²) < 4.78 is 26.7. The van der Waals surface area contributed by atoms with Gasteiger partial charge in [0.1, 0.15) is 5.69 Å². The molecule has 7 nitrogen and oxygen atoms in total. The van der Waals surface area contributed by atoms with Crippen molar-refractivity contribution >= 4 is 21.4 Å². The fourth-order valence-electron chi connectivity index (χ4n) is 3.73. The highest BCUT2D eigenvalue weighted by Crippen LogP contribution is 2.46. The summed E-state index contributed by atoms with van der Waals surface area (Å²) in [5, 5.41) is 14.9. The van der Waals surface area contributed by atoms with Crippen LogP contribution < -0.4 is 5.32 Å². The van der Waals surface area contributed by atoms with E-state index in [1.807, 2.05) is 0 Å². The first-order valence-corrected chi connectivity index (χ1v) is 10.5. The highest BCUT2D eigenvalue weighted by Gasteiger charge is 2.42. The summed E-state index contributed by atoms with van der Waals surface area (Å²) in [4.78, 5) is 11.1. The number of rotatable bonds is 7. The summed E-state index contributed by atoms with van der Waals surface area (Å²) in [7, 11) is -3.65. The molecule has 1 aliphatic heterocycles. The van der Waals surface area contributed by atoms with Crippen LogP contribution in [-0.4, -0.2) is 36.8 Å². The molecule has 4 rings (SSSR count). The van der Waals surface area contributed by atoms with Gasteiger partial charge in [-0.15, -0.1) is 0 Å². The molecule has 2 aliphatic carbocycles. The monoisotopic (exact) mass is 365 g/mol. The average molecular weight is 365 g/mol. The Morgan fingerprint density at radius 3 is 2.24 bits per heavy atom. The Morgan fingerprint density at radius 2 is 1.72 bits per heavy atom. The number of nitrogens with zero attached hydrogens (tertiary/aromatic N) is 2. The first-order valence-electron chi connectivity index (χ1n) is 9.02. The third kappa shape index (κ3) is 3.37. The smallest absolute Gasteiger partial charge is 0.293 e. The zero-order valence-corrected chi connectivity index (χ0v) is 14.9. The maximum absolute atomic E-state index is 12.7. The molecule has 0 spiro atoms. The van der Waals surface area contributed by atoms with Gasteiger partial charge >= 0.3 is 0 Å². The lowest BCUT2D eigenvalue weighted by Crippen LogP contribution is -2.28. The SMILES string of the molecule is O=[N+]([O-])c1cc(S(=O)(=O)N2CCCC2)ccc1NC(C1CC1)C1CC1. The van der Waals surface area contributed by atoms with Gasteiger partial charge in [-0.25, -0.2) is 8.42 Å². The van der Waals surface area contributed by atoms with Crippen molar-refractivity contribution < 1.29 is 13.3 Å². The van der Waals surface area contributed by atoms with Crippen LogP contribution in [0.2, 0.25) is 0 Å². The number of benzene rings is 1. The predicted molar refractivity (Wildman–Crippen MR) is 93.9 cm³/mol. The molecule has 1 aromatic rings. The van der Waals surface area contributed by atoms with E-state index in [-0.39, 0.29) is 16.6 Å². The Hall–Kier alpha value is -1.67. The molecule has 8 heteroatoms. The number of sulfonamides is 1. The Balaban J connectivity index is 1.63. The van der Waals surface area contributed by atoms with E-state index in [4.69, 9.17) is 0 Å². The van der Waals surface area contributed by atoms with Gasteiger partial charge in [0.2, 0.25) is 10.0 Å². The van der Waals surface area contributed by atoms with Crippen LogP contribution >= 0.6 is 0 Å². The van der Waals surface area contributed by atoms with E-state index < -0.39 is 14.9 Å². The fraction of sp³-hybridized carbons (Fsp3) is 0.647. The Bertz CT molecular complexity index is 769. The molecule has 25 heavy (non-hydrogen) atoms. The van der Waals surface area contributed by atoms with E-state index in [1.54, 1.807) is 6.07 Å². The molecule has 3 fully saturated rings. The molecule has 1 saturated heterocycles.